The molecule has 26 heavy (non-hydrogen) atoms. The fraction of sp³-hybridized carbons (Fsp3) is 0.381. The van der Waals surface area contributed by atoms with Gasteiger partial charge in [-0.15, -0.1) is 0 Å². The summed E-state index contributed by atoms with van der Waals surface area (Å²) >= 11 is 0. The van der Waals surface area contributed by atoms with E-state index >= 15 is 0 Å². The zero-order valence-corrected chi connectivity index (χ0v) is 15.2. The molecule has 3 rings (SSSR count). The topological polar surface area (TPSA) is 41.6 Å². The van der Waals surface area contributed by atoms with Gasteiger partial charge in [-0.2, -0.15) is 0 Å². The van der Waals surface area contributed by atoms with Crippen molar-refractivity contribution < 1.29 is 13.9 Å². The Labute approximate surface area is 154 Å². The van der Waals surface area contributed by atoms with Crippen LogP contribution in [0, 0.1) is 11.7 Å². The molecule has 0 radical (unpaired) electrons. The predicted octanol–water partition coefficient (Wildman–Crippen LogP) is 4.67. The lowest BCUT2D eigenvalue weighted by Crippen LogP contribution is -2.52. The number of carbonyl (C=O) groups is 1. The maximum Gasteiger partial charge on any atom is 0.410 e. The van der Waals surface area contributed by atoms with E-state index in [0.717, 1.165) is 17.7 Å². The van der Waals surface area contributed by atoms with Crippen molar-refractivity contribution in [2.24, 2.45) is 5.92 Å². The first kappa shape index (κ1) is 18.2. The molecule has 2 aromatic rings. The van der Waals surface area contributed by atoms with Gasteiger partial charge in [0, 0.05) is 24.3 Å². The average Bonchev–Trinajstić information content (AvgIpc) is 2.65. The van der Waals surface area contributed by atoms with Gasteiger partial charge in [-0.3, -0.25) is 0 Å². The second-order valence-corrected chi connectivity index (χ2v) is 7.01. The SMILES string of the molecule is C[C@@H]1CN(C(=O)OCc2ccccc2)[C@@H](C)CC1Nc1ccc(F)cc1. The zero-order valence-electron chi connectivity index (χ0n) is 15.2. The van der Waals surface area contributed by atoms with Gasteiger partial charge < -0.3 is 15.0 Å². The van der Waals surface area contributed by atoms with Crippen LogP contribution in [0.25, 0.3) is 0 Å². The number of halogens is 1. The summed E-state index contributed by atoms with van der Waals surface area (Å²) in [7, 11) is 0. The highest BCUT2D eigenvalue weighted by Crippen LogP contribution is 2.26. The minimum atomic E-state index is -0.270. The first-order chi connectivity index (χ1) is 12.5. The lowest BCUT2D eigenvalue weighted by Gasteiger charge is -2.41. The number of nitrogens with zero attached hydrogens (tertiary/aromatic N) is 1. The maximum absolute atomic E-state index is 13.1. The molecule has 1 unspecified atom stereocenters. The summed E-state index contributed by atoms with van der Waals surface area (Å²) in [4.78, 5) is 14.3. The van der Waals surface area contributed by atoms with E-state index in [4.69, 9.17) is 4.74 Å². The van der Waals surface area contributed by atoms with Gasteiger partial charge >= 0.3 is 6.09 Å². The Morgan fingerprint density at radius 2 is 1.85 bits per heavy atom. The van der Waals surface area contributed by atoms with E-state index in [1.54, 1.807) is 17.0 Å². The maximum atomic E-state index is 13.1. The van der Waals surface area contributed by atoms with Crippen LogP contribution in [-0.4, -0.2) is 29.6 Å². The number of hydrogen-bond donors (Lipinski definition) is 1. The van der Waals surface area contributed by atoms with Gasteiger partial charge in [0.05, 0.1) is 0 Å². The van der Waals surface area contributed by atoms with Crippen LogP contribution in [0.15, 0.2) is 54.6 Å². The van der Waals surface area contributed by atoms with Gasteiger partial charge in [-0.05, 0) is 49.1 Å². The monoisotopic (exact) mass is 356 g/mol. The van der Waals surface area contributed by atoms with E-state index in [0.29, 0.717) is 6.54 Å². The van der Waals surface area contributed by atoms with Crippen LogP contribution >= 0.6 is 0 Å². The van der Waals surface area contributed by atoms with Crippen molar-refractivity contribution in [3.63, 3.8) is 0 Å². The van der Waals surface area contributed by atoms with Crippen molar-refractivity contribution in [1.29, 1.82) is 0 Å². The molecule has 1 saturated heterocycles. The first-order valence-corrected chi connectivity index (χ1v) is 9.02. The van der Waals surface area contributed by atoms with Gasteiger partial charge in [0.25, 0.3) is 0 Å². The Kier molecular flexibility index (Phi) is 5.76. The smallest absolute Gasteiger partial charge is 0.410 e. The highest BCUT2D eigenvalue weighted by Gasteiger charge is 2.34. The molecule has 0 saturated carbocycles. The Morgan fingerprint density at radius 1 is 1.15 bits per heavy atom. The van der Waals surface area contributed by atoms with Gasteiger partial charge in [-0.25, -0.2) is 9.18 Å². The molecule has 0 aliphatic carbocycles. The summed E-state index contributed by atoms with van der Waals surface area (Å²) in [6, 6.07) is 16.4. The van der Waals surface area contributed by atoms with E-state index in [1.807, 2.05) is 37.3 Å². The van der Waals surface area contributed by atoms with Gasteiger partial charge in [0.15, 0.2) is 0 Å². The van der Waals surface area contributed by atoms with Gasteiger partial charge in [-0.1, -0.05) is 37.3 Å². The van der Waals surface area contributed by atoms with Crippen molar-refractivity contribution in [2.75, 3.05) is 11.9 Å². The predicted molar refractivity (Wildman–Crippen MR) is 100 cm³/mol. The molecule has 1 heterocycles. The quantitative estimate of drug-likeness (QED) is 0.865. The van der Waals surface area contributed by atoms with E-state index in [1.165, 1.54) is 12.1 Å². The number of amides is 1. The van der Waals surface area contributed by atoms with Gasteiger partial charge in [0.2, 0.25) is 0 Å². The van der Waals surface area contributed by atoms with Crippen molar-refractivity contribution in [3.8, 4) is 0 Å². The van der Waals surface area contributed by atoms with Crippen molar-refractivity contribution in [3.05, 3.63) is 66.0 Å². The Hall–Kier alpha value is -2.56. The molecular formula is C21H25FN2O2. The third-order valence-corrected chi connectivity index (χ3v) is 4.93. The molecule has 0 spiro atoms. The minimum absolute atomic E-state index is 0.0763. The lowest BCUT2D eigenvalue weighted by molar-refractivity contribution is 0.0581. The average molecular weight is 356 g/mol. The van der Waals surface area contributed by atoms with E-state index in [9.17, 15) is 9.18 Å². The number of hydrogen-bond acceptors (Lipinski definition) is 3. The second kappa shape index (κ2) is 8.21. The molecule has 2 aromatic carbocycles. The number of likely N-dealkylation sites (tertiary alicyclic amines) is 1. The number of anilines is 1. The first-order valence-electron chi connectivity index (χ1n) is 9.02. The summed E-state index contributed by atoms with van der Waals surface area (Å²) in [6.45, 7) is 5.07. The molecule has 0 bridgehead atoms. The third kappa shape index (κ3) is 4.54. The summed E-state index contributed by atoms with van der Waals surface area (Å²) < 4.78 is 18.5. The van der Waals surface area contributed by atoms with Crippen LogP contribution in [0.1, 0.15) is 25.8 Å². The molecule has 3 atom stereocenters. The Balaban J connectivity index is 1.55. The van der Waals surface area contributed by atoms with Crippen LogP contribution in [0.5, 0.6) is 0 Å². The molecule has 5 heteroatoms. The minimum Gasteiger partial charge on any atom is -0.445 e. The fourth-order valence-electron chi connectivity index (χ4n) is 3.36. The summed E-state index contributed by atoms with van der Waals surface area (Å²) in [6.07, 6.45) is 0.548. The highest BCUT2D eigenvalue weighted by molar-refractivity contribution is 5.68. The second-order valence-electron chi connectivity index (χ2n) is 7.01. The molecule has 1 aliphatic heterocycles. The summed E-state index contributed by atoms with van der Waals surface area (Å²) in [5.41, 5.74) is 1.88. The van der Waals surface area contributed by atoms with Crippen LogP contribution in [0.2, 0.25) is 0 Å². The van der Waals surface area contributed by atoms with Crippen molar-refractivity contribution in [2.45, 2.75) is 39.0 Å². The lowest BCUT2D eigenvalue weighted by atomic mass is 9.89. The largest absolute Gasteiger partial charge is 0.445 e. The number of nitrogens with one attached hydrogen (secondary N) is 1. The number of benzene rings is 2. The van der Waals surface area contributed by atoms with Crippen LogP contribution in [0.4, 0.5) is 14.9 Å². The van der Waals surface area contributed by atoms with E-state index in [2.05, 4.69) is 12.2 Å². The van der Waals surface area contributed by atoms with Crippen LogP contribution in [-0.2, 0) is 11.3 Å². The zero-order chi connectivity index (χ0) is 18.5. The molecule has 1 amide bonds. The molecular weight excluding hydrogens is 331 g/mol. The van der Waals surface area contributed by atoms with Gasteiger partial charge in [0.1, 0.15) is 12.4 Å². The fourth-order valence-corrected chi connectivity index (χ4v) is 3.36. The normalized spacial score (nSPS) is 22.7. The van der Waals surface area contributed by atoms with E-state index in [-0.39, 0.29) is 36.5 Å². The number of rotatable bonds is 4. The van der Waals surface area contributed by atoms with Crippen LogP contribution < -0.4 is 5.32 Å². The molecule has 138 valence electrons. The highest BCUT2D eigenvalue weighted by atomic mass is 19.1. The summed E-state index contributed by atoms with van der Waals surface area (Å²) in [5.74, 6) is 0.0217. The molecule has 1 fully saturated rings. The molecule has 4 nitrogen and oxygen atoms in total. The Morgan fingerprint density at radius 3 is 2.54 bits per heavy atom. The third-order valence-electron chi connectivity index (χ3n) is 4.93. The molecule has 0 aromatic heterocycles. The molecule has 1 N–H and O–H groups in total. The van der Waals surface area contributed by atoms with E-state index < -0.39 is 0 Å². The van der Waals surface area contributed by atoms with Crippen LogP contribution in [0.3, 0.4) is 0 Å². The Bertz CT molecular complexity index is 721. The van der Waals surface area contributed by atoms with Crippen molar-refractivity contribution >= 4 is 11.8 Å². The number of carbonyl (C=O) groups excluding carboxylic acids is 1. The molecule has 1 aliphatic rings. The number of ether oxygens (including phenoxy) is 1. The summed E-state index contributed by atoms with van der Waals surface area (Å²) in [5, 5.41) is 3.46. The standard InChI is InChI=1S/C21H25FN2O2/c1-15-13-24(21(25)26-14-17-6-4-3-5-7-17)16(2)12-20(15)23-19-10-8-18(22)9-11-19/h3-11,15-16,20,23H,12-14H2,1-2H3/t15-,16+,20?/m1/s1. The number of piperidine rings is 1. The van der Waals surface area contributed by atoms with Crippen molar-refractivity contribution in [1.82, 2.24) is 4.90 Å².